The molecule has 0 aliphatic carbocycles. The van der Waals surface area contributed by atoms with Gasteiger partial charge in [0, 0.05) is 29.1 Å². The van der Waals surface area contributed by atoms with Gasteiger partial charge in [-0.25, -0.2) is 0 Å². The Morgan fingerprint density at radius 3 is 1.81 bits per heavy atom. The van der Waals surface area contributed by atoms with E-state index in [1.807, 2.05) is 20.8 Å². The summed E-state index contributed by atoms with van der Waals surface area (Å²) in [6.07, 6.45) is 0. The van der Waals surface area contributed by atoms with Crippen molar-refractivity contribution in [1.82, 2.24) is 15.0 Å². The standard InChI is InChI=1S/C17H17N6O4/c1-17(2,3)16-18-20(12-4-8-14(9-5-12)22(24)25)21(19-16)13-6-10-15(11-7-13)23(26)27/h4-11H,1-3H3/q+1. The van der Waals surface area contributed by atoms with Gasteiger partial charge in [0.15, 0.2) is 5.69 Å². The van der Waals surface area contributed by atoms with Crippen LogP contribution in [0.5, 0.6) is 0 Å². The predicted molar refractivity (Wildman–Crippen MR) is 94.9 cm³/mol. The molecule has 10 heteroatoms. The Morgan fingerprint density at radius 1 is 0.889 bits per heavy atom. The normalized spacial score (nSPS) is 11.4. The minimum Gasteiger partial charge on any atom is -0.258 e. The molecule has 27 heavy (non-hydrogen) atoms. The fourth-order valence-electron chi connectivity index (χ4n) is 2.33. The predicted octanol–water partition coefficient (Wildman–Crippen LogP) is 2.66. The molecule has 0 aliphatic rings. The second kappa shape index (κ2) is 6.56. The quantitative estimate of drug-likeness (QED) is 0.396. The molecular weight excluding hydrogens is 352 g/mol. The minimum atomic E-state index is -0.476. The third-order valence-corrected chi connectivity index (χ3v) is 3.81. The molecule has 0 saturated carbocycles. The van der Waals surface area contributed by atoms with E-state index in [0.29, 0.717) is 17.2 Å². The molecule has 0 fully saturated rings. The van der Waals surface area contributed by atoms with Crippen molar-refractivity contribution in [2.75, 3.05) is 0 Å². The zero-order valence-electron chi connectivity index (χ0n) is 14.9. The van der Waals surface area contributed by atoms with Crippen LogP contribution >= 0.6 is 0 Å². The molecule has 138 valence electrons. The summed E-state index contributed by atoms with van der Waals surface area (Å²) < 4.78 is 0. The molecule has 0 spiro atoms. The Kier molecular flexibility index (Phi) is 4.40. The highest BCUT2D eigenvalue weighted by Crippen LogP contribution is 2.19. The van der Waals surface area contributed by atoms with Gasteiger partial charge in [-0.15, -0.1) is 0 Å². The van der Waals surface area contributed by atoms with Crippen molar-refractivity contribution in [3.63, 3.8) is 0 Å². The summed E-state index contributed by atoms with van der Waals surface area (Å²) >= 11 is 0. The number of rotatable bonds is 4. The number of nitro benzene ring substituents is 2. The van der Waals surface area contributed by atoms with Gasteiger partial charge in [-0.3, -0.25) is 20.2 Å². The van der Waals surface area contributed by atoms with Crippen molar-refractivity contribution in [3.05, 3.63) is 74.6 Å². The van der Waals surface area contributed by atoms with Gasteiger partial charge in [-0.2, -0.15) is 0 Å². The highest BCUT2D eigenvalue weighted by atomic mass is 16.6. The van der Waals surface area contributed by atoms with Crippen LogP contribution in [-0.4, -0.2) is 24.8 Å². The third kappa shape index (κ3) is 3.64. The van der Waals surface area contributed by atoms with E-state index in [4.69, 9.17) is 0 Å². The molecule has 0 saturated heterocycles. The van der Waals surface area contributed by atoms with Crippen molar-refractivity contribution in [3.8, 4) is 11.4 Å². The Balaban J connectivity index is 2.13. The average Bonchev–Trinajstić information content (AvgIpc) is 3.07. The van der Waals surface area contributed by atoms with Gasteiger partial charge >= 0.3 is 5.82 Å². The van der Waals surface area contributed by atoms with Crippen LogP contribution < -0.4 is 4.80 Å². The molecule has 0 unspecified atom stereocenters. The van der Waals surface area contributed by atoms with Crippen LogP contribution in [0.4, 0.5) is 11.4 Å². The Labute approximate surface area is 154 Å². The number of nitro groups is 2. The van der Waals surface area contributed by atoms with Crippen LogP contribution in [0.25, 0.3) is 11.4 Å². The van der Waals surface area contributed by atoms with Crippen molar-refractivity contribution < 1.29 is 14.6 Å². The lowest BCUT2D eigenvalue weighted by atomic mass is 9.96. The van der Waals surface area contributed by atoms with Crippen molar-refractivity contribution >= 4 is 11.4 Å². The summed E-state index contributed by atoms with van der Waals surface area (Å²) in [5, 5.41) is 30.8. The second-order valence-electron chi connectivity index (χ2n) is 6.90. The molecule has 0 N–H and O–H groups in total. The lowest BCUT2D eigenvalue weighted by molar-refractivity contribution is -0.735. The Morgan fingerprint density at radius 2 is 1.37 bits per heavy atom. The summed E-state index contributed by atoms with van der Waals surface area (Å²) in [7, 11) is 0. The van der Waals surface area contributed by atoms with Crippen LogP contribution in [0.3, 0.4) is 0 Å². The number of hydrogen-bond acceptors (Lipinski definition) is 6. The van der Waals surface area contributed by atoms with Gasteiger partial charge in [-0.05, 0) is 34.2 Å². The average molecular weight is 369 g/mol. The van der Waals surface area contributed by atoms with Crippen molar-refractivity contribution in [2.24, 2.45) is 0 Å². The fourth-order valence-corrected chi connectivity index (χ4v) is 2.33. The van der Waals surface area contributed by atoms with Crippen LogP contribution in [0.2, 0.25) is 0 Å². The number of hydrogen-bond donors (Lipinski definition) is 0. The first-order chi connectivity index (χ1) is 12.7. The summed E-state index contributed by atoms with van der Waals surface area (Å²) in [5.41, 5.74) is 0.742. The van der Waals surface area contributed by atoms with Crippen molar-refractivity contribution in [1.29, 1.82) is 0 Å². The van der Waals surface area contributed by atoms with Gasteiger partial charge in [0.25, 0.3) is 11.4 Å². The van der Waals surface area contributed by atoms with E-state index in [1.165, 1.54) is 33.9 Å². The SMILES string of the molecule is CC(C)(C)c1nn(-c2ccc([N+](=O)[O-])cc2)[n+](-c2ccc([N+](=O)[O-])cc2)n1. The highest BCUT2D eigenvalue weighted by Gasteiger charge is 2.31. The van der Waals surface area contributed by atoms with E-state index in [1.54, 1.807) is 24.3 Å². The lowest BCUT2D eigenvalue weighted by Gasteiger charge is -2.06. The highest BCUT2D eigenvalue weighted by molar-refractivity contribution is 5.40. The number of non-ortho nitro benzene ring substituents is 2. The Hall–Kier alpha value is -3.69. The van der Waals surface area contributed by atoms with Gasteiger partial charge < -0.3 is 0 Å². The van der Waals surface area contributed by atoms with Gasteiger partial charge in [0.1, 0.15) is 5.69 Å². The van der Waals surface area contributed by atoms with Crippen LogP contribution in [-0.2, 0) is 5.41 Å². The van der Waals surface area contributed by atoms with E-state index in [-0.39, 0.29) is 16.8 Å². The molecule has 10 nitrogen and oxygen atoms in total. The molecule has 0 radical (unpaired) electrons. The zero-order valence-corrected chi connectivity index (χ0v) is 14.9. The summed E-state index contributed by atoms with van der Waals surface area (Å²) in [4.78, 5) is 23.8. The van der Waals surface area contributed by atoms with Crippen LogP contribution in [0.1, 0.15) is 26.6 Å². The lowest BCUT2D eigenvalue weighted by Crippen LogP contribution is -2.43. The molecule has 3 rings (SSSR count). The first-order valence-corrected chi connectivity index (χ1v) is 8.06. The molecule has 2 aromatic carbocycles. The zero-order chi connectivity index (χ0) is 19.8. The summed E-state index contributed by atoms with van der Waals surface area (Å²) in [6.45, 7) is 5.88. The number of tetrazole rings is 1. The largest absolute Gasteiger partial charge is 0.314 e. The maximum atomic E-state index is 10.9. The third-order valence-electron chi connectivity index (χ3n) is 3.81. The second-order valence-corrected chi connectivity index (χ2v) is 6.90. The number of benzene rings is 2. The number of aromatic nitrogens is 4. The summed E-state index contributed by atoms with van der Waals surface area (Å²) in [6, 6.07) is 11.8. The minimum absolute atomic E-state index is 0.0307. The topological polar surface area (TPSA) is 121 Å². The molecule has 0 bridgehead atoms. The molecule has 0 aliphatic heterocycles. The van der Waals surface area contributed by atoms with E-state index < -0.39 is 9.85 Å². The first-order valence-electron chi connectivity index (χ1n) is 8.06. The smallest absolute Gasteiger partial charge is 0.258 e. The maximum absolute atomic E-state index is 10.9. The van der Waals surface area contributed by atoms with Crippen LogP contribution in [0, 0.1) is 20.2 Å². The van der Waals surface area contributed by atoms with Gasteiger partial charge in [0.2, 0.25) is 0 Å². The first kappa shape index (κ1) is 18.1. The molecule has 0 atom stereocenters. The molecule has 0 amide bonds. The number of nitrogens with zero attached hydrogens (tertiary/aromatic N) is 6. The van der Waals surface area contributed by atoms with Gasteiger partial charge in [-0.1, -0.05) is 20.8 Å². The molecule has 3 aromatic rings. The fraction of sp³-hybridized carbons (Fsp3) is 0.235. The monoisotopic (exact) mass is 369 g/mol. The molecular formula is C17H17N6O4+. The maximum Gasteiger partial charge on any atom is 0.314 e. The van der Waals surface area contributed by atoms with E-state index in [9.17, 15) is 20.2 Å². The van der Waals surface area contributed by atoms with Crippen LogP contribution in [0.15, 0.2) is 48.5 Å². The summed E-state index contributed by atoms with van der Waals surface area (Å²) in [5.74, 6) is 0.555. The van der Waals surface area contributed by atoms with E-state index in [0.717, 1.165) is 0 Å². The van der Waals surface area contributed by atoms with E-state index in [2.05, 4.69) is 10.2 Å². The van der Waals surface area contributed by atoms with E-state index >= 15 is 0 Å². The molecule has 1 aromatic heterocycles. The van der Waals surface area contributed by atoms with Crippen molar-refractivity contribution in [2.45, 2.75) is 26.2 Å². The van der Waals surface area contributed by atoms with Gasteiger partial charge in [0.05, 0.1) is 20.4 Å². The molecule has 1 heterocycles. The Bertz CT molecular complexity index is 928.